The summed E-state index contributed by atoms with van der Waals surface area (Å²) in [5.74, 6) is 2.62. The van der Waals surface area contributed by atoms with E-state index in [1.54, 1.807) is 0 Å². The fourth-order valence-electron chi connectivity index (χ4n) is 9.96. The molecule has 57 heavy (non-hydrogen) atoms. The molecule has 8 aromatic rings. The number of amidine groups is 1. The Hall–Kier alpha value is -7.23. The molecule has 1 spiro atoms. The van der Waals surface area contributed by atoms with Crippen molar-refractivity contribution in [1.82, 2.24) is 5.32 Å². The van der Waals surface area contributed by atoms with Crippen LogP contribution in [0.15, 0.2) is 193 Å². The largest absolute Gasteiger partial charge is 0.457 e. The maximum atomic E-state index is 6.90. The topological polar surface area (TPSA) is 33.6 Å². The third-order valence-corrected chi connectivity index (χ3v) is 12.4. The second-order valence-corrected chi connectivity index (χ2v) is 15.4. The Kier molecular flexibility index (Phi) is 6.97. The number of ether oxygens (including phenoxy) is 1. The van der Waals surface area contributed by atoms with Crippen LogP contribution in [0.4, 0.5) is 0 Å². The van der Waals surface area contributed by atoms with Gasteiger partial charge in [0.15, 0.2) is 0 Å². The molecule has 1 atom stereocenters. The number of allylic oxidation sites excluding steroid dienone is 1. The van der Waals surface area contributed by atoms with Crippen molar-refractivity contribution in [2.45, 2.75) is 17.9 Å². The summed E-state index contributed by atoms with van der Waals surface area (Å²) in [7, 11) is 0. The van der Waals surface area contributed by atoms with Gasteiger partial charge < -0.3 is 10.1 Å². The minimum absolute atomic E-state index is 0.0916. The van der Waals surface area contributed by atoms with Crippen LogP contribution in [0.5, 0.6) is 11.5 Å². The SMILES string of the molecule is C1=Cc2cc(C3C=C(c4ccccc4-c4ccc5c(c4)Oc4ccccc4C54c5ccccc5-c5ccccc54)N=C(c4ccccc4)N3)cc3cccc(c23)C1. The maximum Gasteiger partial charge on any atom is 0.134 e. The van der Waals surface area contributed by atoms with Crippen molar-refractivity contribution in [3.05, 3.63) is 238 Å². The van der Waals surface area contributed by atoms with Gasteiger partial charge in [-0.1, -0.05) is 164 Å². The van der Waals surface area contributed by atoms with E-state index in [0.717, 1.165) is 57.3 Å². The molecular weight excluding hydrogens is 693 g/mol. The molecule has 12 rings (SSSR count). The first-order valence-electron chi connectivity index (χ1n) is 19.8. The highest BCUT2D eigenvalue weighted by Crippen LogP contribution is 2.62. The number of para-hydroxylation sites is 1. The van der Waals surface area contributed by atoms with E-state index in [-0.39, 0.29) is 6.04 Å². The molecule has 3 heteroatoms. The summed E-state index contributed by atoms with van der Waals surface area (Å²) in [5, 5.41) is 6.44. The Morgan fingerprint density at radius 1 is 0.544 bits per heavy atom. The fourth-order valence-corrected chi connectivity index (χ4v) is 9.96. The molecule has 1 N–H and O–H groups in total. The van der Waals surface area contributed by atoms with Crippen LogP contribution in [0.2, 0.25) is 0 Å². The molecule has 4 aliphatic rings. The van der Waals surface area contributed by atoms with Crippen LogP contribution in [-0.2, 0) is 11.8 Å². The van der Waals surface area contributed by atoms with Gasteiger partial charge in [-0.15, -0.1) is 0 Å². The summed E-state index contributed by atoms with van der Waals surface area (Å²) in [5.41, 5.74) is 16.1. The Balaban J connectivity index is 1.03. The number of benzene rings is 8. The zero-order chi connectivity index (χ0) is 37.5. The van der Waals surface area contributed by atoms with Gasteiger partial charge in [-0.2, -0.15) is 0 Å². The van der Waals surface area contributed by atoms with Crippen molar-refractivity contribution in [2.75, 3.05) is 0 Å². The number of nitrogens with one attached hydrogen (secondary N) is 1. The molecule has 2 heterocycles. The highest BCUT2D eigenvalue weighted by Gasteiger charge is 2.50. The van der Waals surface area contributed by atoms with E-state index in [2.05, 4.69) is 199 Å². The zero-order valence-corrected chi connectivity index (χ0v) is 31.1. The van der Waals surface area contributed by atoms with Gasteiger partial charge in [-0.25, -0.2) is 4.99 Å². The van der Waals surface area contributed by atoms with Crippen LogP contribution < -0.4 is 10.1 Å². The van der Waals surface area contributed by atoms with E-state index in [0.29, 0.717) is 0 Å². The third-order valence-electron chi connectivity index (χ3n) is 12.4. The number of hydrogen-bond acceptors (Lipinski definition) is 3. The van der Waals surface area contributed by atoms with Crippen molar-refractivity contribution in [1.29, 1.82) is 0 Å². The average Bonchev–Trinajstić information content (AvgIpc) is 3.57. The van der Waals surface area contributed by atoms with E-state index < -0.39 is 5.41 Å². The molecular formula is C54H36N2O. The molecule has 3 nitrogen and oxygen atoms in total. The summed E-state index contributed by atoms with van der Waals surface area (Å²) in [6.07, 6.45) is 7.81. The minimum atomic E-state index is -0.496. The first-order chi connectivity index (χ1) is 28.2. The van der Waals surface area contributed by atoms with Crippen LogP contribution in [-0.4, -0.2) is 5.84 Å². The molecule has 2 aliphatic heterocycles. The van der Waals surface area contributed by atoms with Crippen LogP contribution >= 0.6 is 0 Å². The molecule has 0 saturated carbocycles. The molecule has 0 amide bonds. The molecule has 0 radical (unpaired) electrons. The molecule has 2 aliphatic carbocycles. The first kappa shape index (κ1) is 32.1. The second kappa shape index (κ2) is 12.4. The van der Waals surface area contributed by atoms with Crippen molar-refractivity contribution in [3.63, 3.8) is 0 Å². The lowest BCUT2D eigenvalue weighted by Crippen LogP contribution is -2.32. The van der Waals surface area contributed by atoms with Crippen LogP contribution in [0.3, 0.4) is 0 Å². The summed E-state index contributed by atoms with van der Waals surface area (Å²) in [6, 6.07) is 63.5. The average molecular weight is 729 g/mol. The van der Waals surface area contributed by atoms with Gasteiger partial charge >= 0.3 is 0 Å². The Labute approximate surface area is 332 Å². The highest BCUT2D eigenvalue weighted by molar-refractivity contribution is 6.04. The van der Waals surface area contributed by atoms with E-state index >= 15 is 0 Å². The Morgan fingerprint density at radius 2 is 1.23 bits per heavy atom. The lowest BCUT2D eigenvalue weighted by molar-refractivity contribution is 0.436. The van der Waals surface area contributed by atoms with Crippen LogP contribution in [0.25, 0.3) is 44.8 Å². The van der Waals surface area contributed by atoms with E-state index in [4.69, 9.17) is 9.73 Å². The standard InChI is InChI=1S/C54H36N2O/c1-2-14-35(15-3-1)53-55-48(39-30-37-18-12-16-34-17-13-19-38(31-39)52(34)37)33-49(56-53)43-23-5-4-20-40(43)36-28-29-47-51(32-36)57-50-27-11-10-26-46(50)54(47)44-24-8-6-21-41(44)42-22-7-9-25-45(42)54/h1-16,18-33,48H,17H2,(H,55,56). The lowest BCUT2D eigenvalue weighted by Gasteiger charge is -2.39. The number of fused-ring (bicyclic) bond motifs is 9. The first-order valence-corrected chi connectivity index (χ1v) is 19.8. The highest BCUT2D eigenvalue weighted by atomic mass is 16.5. The second-order valence-electron chi connectivity index (χ2n) is 15.4. The van der Waals surface area contributed by atoms with Crippen LogP contribution in [0.1, 0.15) is 56.1 Å². The molecule has 0 fully saturated rings. The summed E-state index contributed by atoms with van der Waals surface area (Å²) in [4.78, 5) is 5.36. The van der Waals surface area contributed by atoms with E-state index in [1.165, 1.54) is 55.3 Å². The molecule has 0 aromatic heterocycles. The zero-order valence-electron chi connectivity index (χ0n) is 31.1. The summed E-state index contributed by atoms with van der Waals surface area (Å²) < 4.78 is 6.90. The smallest absolute Gasteiger partial charge is 0.134 e. The molecule has 0 saturated heterocycles. The lowest BCUT2D eigenvalue weighted by atomic mass is 9.66. The van der Waals surface area contributed by atoms with Crippen molar-refractivity contribution < 1.29 is 4.74 Å². The number of hydrogen-bond donors (Lipinski definition) is 1. The Morgan fingerprint density at radius 3 is 2.04 bits per heavy atom. The maximum absolute atomic E-state index is 6.90. The van der Waals surface area contributed by atoms with Gasteiger partial charge in [0.05, 0.1) is 17.2 Å². The molecule has 8 aromatic carbocycles. The van der Waals surface area contributed by atoms with Gasteiger partial charge in [0.1, 0.15) is 17.3 Å². The van der Waals surface area contributed by atoms with Gasteiger partial charge in [-0.3, -0.25) is 0 Å². The number of rotatable bonds is 4. The van der Waals surface area contributed by atoms with Crippen molar-refractivity contribution >= 4 is 28.4 Å². The van der Waals surface area contributed by atoms with Gasteiger partial charge in [-0.05, 0) is 97.6 Å². The van der Waals surface area contributed by atoms with E-state index in [1.807, 2.05) is 0 Å². The summed E-state index contributed by atoms with van der Waals surface area (Å²) in [6.45, 7) is 0. The Bertz CT molecular complexity index is 3010. The van der Waals surface area contributed by atoms with Gasteiger partial charge in [0, 0.05) is 22.3 Å². The van der Waals surface area contributed by atoms with E-state index in [9.17, 15) is 0 Å². The predicted octanol–water partition coefficient (Wildman–Crippen LogP) is 12.7. The number of nitrogens with zero attached hydrogens (tertiary/aromatic N) is 1. The quantitative estimate of drug-likeness (QED) is 0.196. The monoisotopic (exact) mass is 728 g/mol. The van der Waals surface area contributed by atoms with Crippen molar-refractivity contribution in [2.24, 2.45) is 4.99 Å². The molecule has 1 unspecified atom stereocenters. The number of aliphatic imine (C=N–C) groups is 1. The minimum Gasteiger partial charge on any atom is -0.457 e. The van der Waals surface area contributed by atoms with Crippen molar-refractivity contribution in [3.8, 4) is 33.8 Å². The van der Waals surface area contributed by atoms with Gasteiger partial charge in [0.2, 0.25) is 0 Å². The third kappa shape index (κ3) is 4.76. The fraction of sp³-hybridized carbons (Fsp3) is 0.0556. The molecule has 268 valence electrons. The predicted molar refractivity (Wildman–Crippen MR) is 233 cm³/mol. The van der Waals surface area contributed by atoms with Crippen LogP contribution in [0, 0.1) is 0 Å². The normalized spacial score (nSPS) is 16.4. The summed E-state index contributed by atoms with van der Waals surface area (Å²) >= 11 is 0. The van der Waals surface area contributed by atoms with Gasteiger partial charge in [0.25, 0.3) is 0 Å². The molecule has 0 bridgehead atoms.